The topological polar surface area (TPSA) is 31.4 Å². The lowest BCUT2D eigenvalue weighted by atomic mass is 9.77. The van der Waals surface area contributed by atoms with Gasteiger partial charge in [-0.05, 0) is 118 Å². The van der Waals surface area contributed by atoms with Gasteiger partial charge in [-0.3, -0.25) is 4.98 Å². The first-order valence-electron chi connectivity index (χ1n) is 15.0. The highest BCUT2D eigenvalue weighted by Gasteiger charge is 2.31. The summed E-state index contributed by atoms with van der Waals surface area (Å²) in [4.78, 5) is 4.01. The van der Waals surface area contributed by atoms with Gasteiger partial charge in [0.25, 0.3) is 0 Å². The molecule has 0 N–H and O–H groups in total. The SMILES string of the molecule is COc1cccc2c1c(OC)cc1c3c(ccc12)[C@H](CCc1cc(F)cc(C(F)(F)F)c1)CCC3.c1ccc2cnccc2c1. The maximum atomic E-state index is 13.9. The Labute approximate surface area is 259 Å². The average Bonchev–Trinajstić information content (AvgIpc) is 3.06. The lowest BCUT2D eigenvalue weighted by molar-refractivity contribution is -0.137. The molecule has 0 bridgehead atoms. The van der Waals surface area contributed by atoms with Crippen LogP contribution in [0, 0.1) is 5.82 Å². The second-order valence-electron chi connectivity index (χ2n) is 11.4. The molecular formula is C38H33F4NO2. The summed E-state index contributed by atoms with van der Waals surface area (Å²) in [5.74, 6) is 0.858. The predicted octanol–water partition coefficient (Wildman–Crippen LogP) is 10.5. The number of alkyl halides is 3. The number of hydrogen-bond donors (Lipinski definition) is 0. The molecule has 1 aliphatic rings. The zero-order valence-corrected chi connectivity index (χ0v) is 25.1. The Morgan fingerprint density at radius 3 is 2.36 bits per heavy atom. The molecular weight excluding hydrogens is 578 g/mol. The molecule has 1 heterocycles. The molecule has 0 saturated heterocycles. The fourth-order valence-electron chi connectivity index (χ4n) is 6.59. The van der Waals surface area contributed by atoms with E-state index in [0.29, 0.717) is 24.5 Å². The minimum absolute atomic E-state index is 0.202. The highest BCUT2D eigenvalue weighted by Crippen LogP contribution is 2.44. The van der Waals surface area contributed by atoms with Crippen LogP contribution in [0.1, 0.15) is 47.4 Å². The molecule has 7 heteroatoms. The number of ether oxygens (including phenoxy) is 2. The second-order valence-corrected chi connectivity index (χ2v) is 11.4. The Kier molecular flexibility index (Phi) is 8.61. The molecule has 1 aliphatic carbocycles. The van der Waals surface area contributed by atoms with Crippen LogP contribution in [0.25, 0.3) is 32.3 Å². The van der Waals surface area contributed by atoms with Crippen molar-refractivity contribution in [3.8, 4) is 11.5 Å². The smallest absolute Gasteiger partial charge is 0.416 e. The van der Waals surface area contributed by atoms with Gasteiger partial charge in [0.15, 0.2) is 0 Å². The molecule has 3 nitrogen and oxygen atoms in total. The van der Waals surface area contributed by atoms with Crippen molar-refractivity contribution in [3.63, 3.8) is 0 Å². The fourth-order valence-corrected chi connectivity index (χ4v) is 6.59. The van der Waals surface area contributed by atoms with E-state index in [0.717, 1.165) is 58.4 Å². The third-order valence-corrected chi connectivity index (χ3v) is 8.71. The third kappa shape index (κ3) is 6.30. The predicted molar refractivity (Wildman–Crippen MR) is 172 cm³/mol. The Hall–Kier alpha value is -4.65. The Balaban J connectivity index is 0.000000301. The molecule has 1 atom stereocenters. The van der Waals surface area contributed by atoms with Crippen molar-refractivity contribution >= 4 is 32.3 Å². The highest BCUT2D eigenvalue weighted by atomic mass is 19.4. The van der Waals surface area contributed by atoms with Gasteiger partial charge >= 0.3 is 6.18 Å². The number of fused-ring (bicyclic) bond motifs is 6. The van der Waals surface area contributed by atoms with Gasteiger partial charge in [-0.15, -0.1) is 0 Å². The van der Waals surface area contributed by atoms with Crippen LogP contribution in [0.2, 0.25) is 0 Å². The normalized spacial score (nSPS) is 14.6. The van der Waals surface area contributed by atoms with Crippen LogP contribution >= 0.6 is 0 Å². The van der Waals surface area contributed by atoms with Crippen molar-refractivity contribution in [2.24, 2.45) is 0 Å². The molecule has 0 radical (unpaired) electrons. The molecule has 6 aromatic rings. The number of pyridine rings is 1. The maximum absolute atomic E-state index is 13.9. The van der Waals surface area contributed by atoms with Crippen molar-refractivity contribution < 1.29 is 27.0 Å². The fraction of sp³-hybridized carbons (Fsp3) is 0.237. The molecule has 0 amide bonds. The molecule has 0 unspecified atom stereocenters. The van der Waals surface area contributed by atoms with Gasteiger partial charge in [0.2, 0.25) is 0 Å². The average molecular weight is 612 g/mol. The van der Waals surface area contributed by atoms with E-state index in [-0.39, 0.29) is 5.92 Å². The van der Waals surface area contributed by atoms with Gasteiger partial charge in [0.1, 0.15) is 17.3 Å². The van der Waals surface area contributed by atoms with Crippen molar-refractivity contribution in [2.45, 2.75) is 44.2 Å². The summed E-state index contributed by atoms with van der Waals surface area (Å²) >= 11 is 0. The monoisotopic (exact) mass is 611 g/mol. The molecule has 5 aromatic carbocycles. The molecule has 45 heavy (non-hydrogen) atoms. The van der Waals surface area contributed by atoms with Crippen LogP contribution < -0.4 is 9.47 Å². The van der Waals surface area contributed by atoms with Crippen molar-refractivity contribution in [1.29, 1.82) is 0 Å². The Morgan fingerprint density at radius 1 is 0.800 bits per heavy atom. The van der Waals surface area contributed by atoms with E-state index in [4.69, 9.17) is 9.47 Å². The third-order valence-electron chi connectivity index (χ3n) is 8.71. The van der Waals surface area contributed by atoms with E-state index in [2.05, 4.69) is 41.4 Å². The van der Waals surface area contributed by atoms with Crippen molar-refractivity contribution in [3.05, 3.63) is 125 Å². The van der Waals surface area contributed by atoms with Gasteiger partial charge in [0, 0.05) is 12.4 Å². The summed E-state index contributed by atoms with van der Waals surface area (Å²) in [6.45, 7) is 0. The van der Waals surface area contributed by atoms with E-state index in [1.54, 1.807) is 14.2 Å². The molecule has 1 aromatic heterocycles. The number of halogens is 4. The van der Waals surface area contributed by atoms with Crippen LogP contribution in [0.15, 0.2) is 97.3 Å². The van der Waals surface area contributed by atoms with E-state index in [1.165, 1.54) is 28.0 Å². The summed E-state index contributed by atoms with van der Waals surface area (Å²) in [6.07, 6.45) is 3.05. The minimum Gasteiger partial charge on any atom is -0.496 e. The molecule has 7 rings (SSSR count). The standard InChI is InChI=1S/C29H26F4O2.C9H7N/c1-34-26-8-4-7-24-23-12-11-21-18(5-3-6-22(21)25(23)16-27(35-2)28(24)26)10-9-17-13-19(29(31,32)33)15-20(30)14-17;1-2-4-9-7-10-6-5-8(9)3-1/h4,7-8,11-16,18H,3,5-6,9-10H2,1-2H3;1-7H/t18-;/m0./s1. The van der Waals surface area contributed by atoms with Gasteiger partial charge < -0.3 is 9.47 Å². The van der Waals surface area contributed by atoms with Crippen molar-refractivity contribution in [2.75, 3.05) is 14.2 Å². The number of aryl methyl sites for hydroxylation is 2. The summed E-state index contributed by atoms with van der Waals surface area (Å²) in [7, 11) is 3.30. The van der Waals surface area contributed by atoms with Crippen LogP contribution in [0.5, 0.6) is 11.5 Å². The molecule has 0 spiro atoms. The molecule has 0 saturated carbocycles. The largest absolute Gasteiger partial charge is 0.496 e. The first-order chi connectivity index (χ1) is 21.8. The number of rotatable bonds is 5. The summed E-state index contributed by atoms with van der Waals surface area (Å²) < 4.78 is 64.6. The summed E-state index contributed by atoms with van der Waals surface area (Å²) in [5, 5.41) is 6.70. The first kappa shape index (κ1) is 30.4. The second kappa shape index (κ2) is 12.8. The van der Waals surface area contributed by atoms with Crippen molar-refractivity contribution in [1.82, 2.24) is 4.98 Å². The maximum Gasteiger partial charge on any atom is 0.416 e. The van der Waals surface area contributed by atoms with E-state index >= 15 is 0 Å². The summed E-state index contributed by atoms with van der Waals surface area (Å²) in [5.41, 5.74) is 1.93. The molecule has 0 aliphatic heterocycles. The lowest BCUT2D eigenvalue weighted by Crippen LogP contribution is -2.12. The Bertz CT molecular complexity index is 1920. The molecule has 230 valence electrons. The number of benzene rings is 5. The number of hydrogen-bond acceptors (Lipinski definition) is 3. The van der Waals surface area contributed by atoms with E-state index in [1.807, 2.05) is 42.7 Å². The quantitative estimate of drug-likeness (QED) is 0.144. The molecule has 0 fully saturated rings. The van der Waals surface area contributed by atoms with Crippen LogP contribution in [-0.4, -0.2) is 19.2 Å². The van der Waals surface area contributed by atoms with Gasteiger partial charge in [-0.2, -0.15) is 13.2 Å². The van der Waals surface area contributed by atoms with E-state index in [9.17, 15) is 17.6 Å². The minimum atomic E-state index is -4.56. The highest BCUT2D eigenvalue weighted by molar-refractivity contribution is 6.13. The number of nitrogens with zero attached hydrogens (tertiary/aromatic N) is 1. The zero-order valence-electron chi connectivity index (χ0n) is 25.1. The van der Waals surface area contributed by atoms with Gasteiger partial charge in [-0.25, -0.2) is 4.39 Å². The zero-order chi connectivity index (χ0) is 31.6. The number of methoxy groups -OCH3 is 2. The number of aromatic nitrogens is 1. The van der Waals surface area contributed by atoms with Gasteiger partial charge in [0.05, 0.1) is 25.2 Å². The Morgan fingerprint density at radius 2 is 1.60 bits per heavy atom. The van der Waals surface area contributed by atoms with Crippen LogP contribution in [-0.2, 0) is 19.0 Å². The first-order valence-corrected chi connectivity index (χ1v) is 15.0. The van der Waals surface area contributed by atoms with E-state index < -0.39 is 17.6 Å². The van der Waals surface area contributed by atoms with Gasteiger partial charge in [-0.1, -0.05) is 48.5 Å². The van der Waals surface area contributed by atoms with Crippen LogP contribution in [0.4, 0.5) is 17.6 Å². The summed E-state index contributed by atoms with van der Waals surface area (Å²) in [6, 6.07) is 25.3. The van der Waals surface area contributed by atoms with Crippen LogP contribution in [0.3, 0.4) is 0 Å². The lowest BCUT2D eigenvalue weighted by Gasteiger charge is -2.28.